The molecule has 0 saturated carbocycles. The SMILES string of the molecule is CCN(OC)c1cccnc1. The van der Waals surface area contributed by atoms with Gasteiger partial charge in [0.15, 0.2) is 0 Å². The number of hydrogen-bond donors (Lipinski definition) is 0. The van der Waals surface area contributed by atoms with Gasteiger partial charge in [-0.25, -0.2) is 0 Å². The van der Waals surface area contributed by atoms with Gasteiger partial charge in [0.05, 0.1) is 19.0 Å². The van der Waals surface area contributed by atoms with E-state index in [0.29, 0.717) is 0 Å². The monoisotopic (exact) mass is 152 g/mol. The van der Waals surface area contributed by atoms with Crippen LogP contribution in [0.1, 0.15) is 6.92 Å². The third-order valence-electron chi connectivity index (χ3n) is 1.44. The van der Waals surface area contributed by atoms with Gasteiger partial charge in [0.1, 0.15) is 0 Å². The number of rotatable bonds is 3. The minimum atomic E-state index is 0.822. The molecule has 1 aromatic heterocycles. The molecule has 0 fully saturated rings. The van der Waals surface area contributed by atoms with Crippen LogP contribution in [0, 0.1) is 0 Å². The molecule has 1 aromatic rings. The number of pyridine rings is 1. The Labute approximate surface area is 66.6 Å². The lowest BCUT2D eigenvalue weighted by Gasteiger charge is -2.18. The maximum atomic E-state index is 5.08. The predicted molar refractivity (Wildman–Crippen MR) is 44.3 cm³/mol. The summed E-state index contributed by atoms with van der Waals surface area (Å²) in [6.45, 7) is 2.85. The van der Waals surface area contributed by atoms with Crippen molar-refractivity contribution in [3.63, 3.8) is 0 Å². The zero-order valence-corrected chi connectivity index (χ0v) is 6.82. The van der Waals surface area contributed by atoms with Crippen molar-refractivity contribution in [1.29, 1.82) is 0 Å². The summed E-state index contributed by atoms with van der Waals surface area (Å²) in [4.78, 5) is 9.06. The lowest BCUT2D eigenvalue weighted by molar-refractivity contribution is 0.170. The molecule has 0 aliphatic carbocycles. The molecule has 1 rings (SSSR count). The lowest BCUT2D eigenvalue weighted by Crippen LogP contribution is -2.20. The van der Waals surface area contributed by atoms with E-state index in [1.165, 1.54) is 0 Å². The van der Waals surface area contributed by atoms with E-state index >= 15 is 0 Å². The van der Waals surface area contributed by atoms with Crippen molar-refractivity contribution in [2.24, 2.45) is 0 Å². The Morgan fingerprint density at radius 1 is 1.64 bits per heavy atom. The first-order valence-corrected chi connectivity index (χ1v) is 3.60. The largest absolute Gasteiger partial charge is 0.277 e. The number of hydrogen-bond acceptors (Lipinski definition) is 3. The van der Waals surface area contributed by atoms with Crippen molar-refractivity contribution in [1.82, 2.24) is 4.98 Å². The molecule has 0 unspecified atom stereocenters. The van der Waals surface area contributed by atoms with E-state index in [-0.39, 0.29) is 0 Å². The van der Waals surface area contributed by atoms with Crippen LogP contribution < -0.4 is 5.06 Å². The standard InChI is InChI=1S/C8H12N2O/c1-3-10(11-2)8-5-4-6-9-7-8/h4-7H,3H2,1-2H3. The van der Waals surface area contributed by atoms with Crippen LogP contribution in [0.25, 0.3) is 0 Å². The van der Waals surface area contributed by atoms with E-state index in [1.807, 2.05) is 19.1 Å². The van der Waals surface area contributed by atoms with E-state index in [1.54, 1.807) is 24.6 Å². The van der Waals surface area contributed by atoms with Gasteiger partial charge in [-0.1, -0.05) is 0 Å². The first-order valence-electron chi connectivity index (χ1n) is 3.60. The number of aromatic nitrogens is 1. The third-order valence-corrected chi connectivity index (χ3v) is 1.44. The maximum Gasteiger partial charge on any atom is 0.0819 e. The summed E-state index contributed by atoms with van der Waals surface area (Å²) in [5.74, 6) is 0. The van der Waals surface area contributed by atoms with Crippen molar-refractivity contribution in [3.8, 4) is 0 Å². The first kappa shape index (κ1) is 8.01. The van der Waals surface area contributed by atoms with Gasteiger partial charge >= 0.3 is 0 Å². The van der Waals surface area contributed by atoms with Crippen molar-refractivity contribution in [2.45, 2.75) is 6.92 Å². The molecule has 11 heavy (non-hydrogen) atoms. The molecule has 0 aromatic carbocycles. The summed E-state index contributed by atoms with van der Waals surface area (Å²) in [5.41, 5.74) is 0.984. The molecule has 0 radical (unpaired) electrons. The molecule has 0 aliphatic heterocycles. The summed E-state index contributed by atoms with van der Waals surface area (Å²) >= 11 is 0. The summed E-state index contributed by atoms with van der Waals surface area (Å²) in [6, 6.07) is 3.84. The molecule has 1 heterocycles. The van der Waals surface area contributed by atoms with Gasteiger partial charge in [-0.15, -0.1) is 0 Å². The Morgan fingerprint density at radius 2 is 2.45 bits per heavy atom. The molecular weight excluding hydrogens is 140 g/mol. The zero-order chi connectivity index (χ0) is 8.10. The van der Waals surface area contributed by atoms with Crippen molar-refractivity contribution in [2.75, 3.05) is 18.7 Å². The molecule has 0 bridgehead atoms. The quantitative estimate of drug-likeness (QED) is 0.613. The second-order valence-corrected chi connectivity index (χ2v) is 2.09. The van der Waals surface area contributed by atoms with E-state index in [9.17, 15) is 0 Å². The Bertz CT molecular complexity index is 197. The average Bonchev–Trinajstić information content (AvgIpc) is 2.09. The van der Waals surface area contributed by atoms with Crippen LogP contribution >= 0.6 is 0 Å². The van der Waals surface area contributed by atoms with Crippen molar-refractivity contribution < 1.29 is 4.84 Å². The van der Waals surface area contributed by atoms with Crippen LogP contribution in [0.3, 0.4) is 0 Å². The van der Waals surface area contributed by atoms with Gasteiger partial charge < -0.3 is 0 Å². The topological polar surface area (TPSA) is 25.4 Å². The predicted octanol–water partition coefficient (Wildman–Crippen LogP) is 1.47. The maximum absolute atomic E-state index is 5.08. The van der Waals surface area contributed by atoms with Crippen LogP contribution in [0.5, 0.6) is 0 Å². The molecular formula is C8H12N2O. The summed E-state index contributed by atoms with van der Waals surface area (Å²) in [5, 5.41) is 1.77. The van der Waals surface area contributed by atoms with E-state index in [2.05, 4.69) is 4.98 Å². The average molecular weight is 152 g/mol. The molecule has 60 valence electrons. The number of hydroxylamine groups is 1. The van der Waals surface area contributed by atoms with Gasteiger partial charge in [0.25, 0.3) is 0 Å². The van der Waals surface area contributed by atoms with Crippen LogP contribution in [-0.4, -0.2) is 18.6 Å². The summed E-state index contributed by atoms with van der Waals surface area (Å²) in [7, 11) is 1.65. The smallest absolute Gasteiger partial charge is 0.0819 e. The van der Waals surface area contributed by atoms with Crippen LogP contribution in [0.15, 0.2) is 24.5 Å². The fraction of sp³-hybridized carbons (Fsp3) is 0.375. The van der Waals surface area contributed by atoms with E-state index < -0.39 is 0 Å². The molecule has 0 spiro atoms. The summed E-state index contributed by atoms with van der Waals surface area (Å²) in [6.07, 6.45) is 3.51. The lowest BCUT2D eigenvalue weighted by atomic mass is 10.4. The second kappa shape index (κ2) is 3.93. The highest BCUT2D eigenvalue weighted by Gasteiger charge is 1.99. The van der Waals surface area contributed by atoms with Crippen LogP contribution in [0.2, 0.25) is 0 Å². The van der Waals surface area contributed by atoms with Crippen molar-refractivity contribution >= 4 is 5.69 Å². The highest BCUT2D eigenvalue weighted by molar-refractivity contribution is 5.40. The van der Waals surface area contributed by atoms with Crippen LogP contribution in [-0.2, 0) is 4.84 Å². The van der Waals surface area contributed by atoms with E-state index in [4.69, 9.17) is 4.84 Å². The van der Waals surface area contributed by atoms with Crippen molar-refractivity contribution in [3.05, 3.63) is 24.5 Å². The molecule has 3 heteroatoms. The van der Waals surface area contributed by atoms with Gasteiger partial charge in [-0.3, -0.25) is 14.9 Å². The Hall–Kier alpha value is -1.09. The molecule has 0 saturated heterocycles. The Kier molecular flexibility index (Phi) is 2.86. The highest BCUT2D eigenvalue weighted by Crippen LogP contribution is 2.09. The zero-order valence-electron chi connectivity index (χ0n) is 6.82. The fourth-order valence-corrected chi connectivity index (χ4v) is 0.918. The minimum absolute atomic E-state index is 0.822. The van der Waals surface area contributed by atoms with Gasteiger partial charge in [0, 0.05) is 12.7 Å². The van der Waals surface area contributed by atoms with Crippen LogP contribution in [0.4, 0.5) is 5.69 Å². The molecule has 0 atom stereocenters. The highest BCUT2D eigenvalue weighted by atomic mass is 16.7. The van der Waals surface area contributed by atoms with Gasteiger partial charge in [-0.05, 0) is 19.1 Å². The molecule has 3 nitrogen and oxygen atoms in total. The Balaban J connectivity index is 2.74. The molecule has 0 amide bonds. The molecule has 0 N–H and O–H groups in total. The number of nitrogens with zero attached hydrogens (tertiary/aromatic N) is 2. The second-order valence-electron chi connectivity index (χ2n) is 2.09. The first-order chi connectivity index (χ1) is 5.38. The van der Waals surface area contributed by atoms with Gasteiger partial charge in [0.2, 0.25) is 0 Å². The third kappa shape index (κ3) is 1.91. The molecule has 0 aliphatic rings. The Morgan fingerprint density at radius 3 is 2.91 bits per heavy atom. The van der Waals surface area contributed by atoms with Gasteiger partial charge in [-0.2, -0.15) is 0 Å². The van der Waals surface area contributed by atoms with E-state index in [0.717, 1.165) is 12.2 Å². The summed E-state index contributed by atoms with van der Waals surface area (Å²) < 4.78 is 0. The minimum Gasteiger partial charge on any atom is -0.277 e. The fourth-order valence-electron chi connectivity index (χ4n) is 0.918. The normalized spacial score (nSPS) is 9.64. The number of anilines is 1.